The Morgan fingerprint density at radius 1 is 1.53 bits per heavy atom. The van der Waals surface area contributed by atoms with E-state index in [2.05, 4.69) is 28.2 Å². The molecular weight excluding hydrogens is 302 g/mol. The molecule has 0 aliphatic heterocycles. The van der Waals surface area contributed by atoms with Gasteiger partial charge in [-0.2, -0.15) is 0 Å². The van der Waals surface area contributed by atoms with E-state index in [1.54, 1.807) is 0 Å². The average molecular weight is 319 g/mol. The molecule has 0 radical (unpaired) electrons. The number of rotatable bonds is 6. The van der Waals surface area contributed by atoms with Crippen molar-refractivity contribution in [2.75, 3.05) is 6.54 Å². The predicted molar refractivity (Wildman–Crippen MR) is 74.9 cm³/mol. The zero-order valence-electron chi connectivity index (χ0n) is 9.88. The van der Waals surface area contributed by atoms with Crippen molar-refractivity contribution in [1.29, 1.82) is 0 Å². The summed E-state index contributed by atoms with van der Waals surface area (Å²) < 4.78 is 6.92. The second-order valence-electron chi connectivity index (χ2n) is 4.41. The highest BCUT2D eigenvalue weighted by molar-refractivity contribution is 9.10. The summed E-state index contributed by atoms with van der Waals surface area (Å²) in [5, 5.41) is 4.15. The van der Waals surface area contributed by atoms with E-state index < -0.39 is 0 Å². The molecule has 17 heavy (non-hydrogen) atoms. The second-order valence-corrected chi connectivity index (χ2v) is 5.73. The minimum atomic E-state index is 0.183. The maximum absolute atomic E-state index is 6.11. The van der Waals surface area contributed by atoms with Gasteiger partial charge in [-0.1, -0.05) is 34.5 Å². The number of hydrogen-bond acceptors (Lipinski definition) is 2. The molecule has 0 bridgehead atoms. The van der Waals surface area contributed by atoms with Gasteiger partial charge in [-0.15, -0.1) is 0 Å². The van der Waals surface area contributed by atoms with E-state index in [9.17, 15) is 0 Å². The summed E-state index contributed by atoms with van der Waals surface area (Å²) in [5.74, 6) is 0.755. The lowest BCUT2D eigenvalue weighted by atomic mass is 10.2. The van der Waals surface area contributed by atoms with Crippen LogP contribution in [-0.2, 0) is 0 Å². The largest absolute Gasteiger partial charge is 0.488 e. The first-order valence-electron chi connectivity index (χ1n) is 6.04. The lowest BCUT2D eigenvalue weighted by Gasteiger charge is -2.19. The van der Waals surface area contributed by atoms with Crippen molar-refractivity contribution < 1.29 is 4.74 Å². The SMILES string of the molecule is CCC(CNC1CC1)Oc1cc(Br)ccc1Cl. The molecule has 1 unspecified atom stereocenters. The number of halogens is 2. The zero-order valence-corrected chi connectivity index (χ0v) is 12.2. The first-order valence-corrected chi connectivity index (χ1v) is 7.21. The van der Waals surface area contributed by atoms with E-state index >= 15 is 0 Å². The summed E-state index contributed by atoms with van der Waals surface area (Å²) in [4.78, 5) is 0. The van der Waals surface area contributed by atoms with Gasteiger partial charge in [-0.3, -0.25) is 0 Å². The first-order chi connectivity index (χ1) is 8.19. The van der Waals surface area contributed by atoms with Crippen LogP contribution in [0.3, 0.4) is 0 Å². The molecule has 1 fully saturated rings. The molecule has 1 atom stereocenters. The van der Waals surface area contributed by atoms with E-state index in [0.29, 0.717) is 11.1 Å². The standard InChI is InChI=1S/C13H17BrClNO/c1-2-11(8-16-10-4-5-10)17-13-7-9(14)3-6-12(13)15/h3,6-7,10-11,16H,2,4-5,8H2,1H3. The molecule has 1 aromatic rings. The van der Waals surface area contributed by atoms with E-state index in [-0.39, 0.29) is 6.10 Å². The molecule has 4 heteroatoms. The quantitative estimate of drug-likeness (QED) is 0.855. The lowest BCUT2D eigenvalue weighted by Crippen LogP contribution is -2.32. The van der Waals surface area contributed by atoms with Crippen LogP contribution < -0.4 is 10.1 Å². The van der Waals surface area contributed by atoms with Crippen LogP contribution in [0, 0.1) is 0 Å². The fraction of sp³-hybridized carbons (Fsp3) is 0.538. The van der Waals surface area contributed by atoms with E-state index in [1.807, 2.05) is 18.2 Å². The van der Waals surface area contributed by atoms with Crippen LogP contribution in [-0.4, -0.2) is 18.7 Å². The Morgan fingerprint density at radius 2 is 2.29 bits per heavy atom. The van der Waals surface area contributed by atoms with Crippen LogP contribution in [0.15, 0.2) is 22.7 Å². The van der Waals surface area contributed by atoms with Crippen LogP contribution >= 0.6 is 27.5 Å². The molecule has 1 aromatic carbocycles. The van der Waals surface area contributed by atoms with E-state index in [1.165, 1.54) is 12.8 Å². The third kappa shape index (κ3) is 4.16. The van der Waals surface area contributed by atoms with Crippen molar-refractivity contribution in [3.8, 4) is 5.75 Å². The molecule has 1 aliphatic carbocycles. The molecule has 1 N–H and O–H groups in total. The van der Waals surface area contributed by atoms with Crippen molar-refractivity contribution in [1.82, 2.24) is 5.32 Å². The van der Waals surface area contributed by atoms with Gasteiger partial charge in [-0.25, -0.2) is 0 Å². The Hall–Kier alpha value is -0.250. The Labute approximate surface area is 116 Å². The second kappa shape index (κ2) is 6.07. The smallest absolute Gasteiger partial charge is 0.139 e. The van der Waals surface area contributed by atoms with E-state index in [4.69, 9.17) is 16.3 Å². The summed E-state index contributed by atoms with van der Waals surface area (Å²) >= 11 is 9.53. The van der Waals surface area contributed by atoms with Crippen LogP contribution in [0.4, 0.5) is 0 Å². The van der Waals surface area contributed by atoms with Crippen LogP contribution in [0.5, 0.6) is 5.75 Å². The monoisotopic (exact) mass is 317 g/mol. The molecule has 1 saturated carbocycles. The number of nitrogens with one attached hydrogen (secondary N) is 1. The van der Waals surface area contributed by atoms with E-state index in [0.717, 1.165) is 23.2 Å². The van der Waals surface area contributed by atoms with Gasteiger partial charge in [0.25, 0.3) is 0 Å². The Morgan fingerprint density at radius 3 is 2.94 bits per heavy atom. The van der Waals surface area contributed by atoms with Crippen molar-refractivity contribution >= 4 is 27.5 Å². The Bertz CT molecular complexity index is 382. The van der Waals surface area contributed by atoms with Crippen LogP contribution in [0.1, 0.15) is 26.2 Å². The minimum absolute atomic E-state index is 0.183. The third-order valence-electron chi connectivity index (χ3n) is 2.85. The van der Waals surface area contributed by atoms with Gasteiger partial charge in [0, 0.05) is 17.1 Å². The molecule has 0 heterocycles. The average Bonchev–Trinajstić information content (AvgIpc) is 3.12. The normalized spacial score (nSPS) is 16.9. The van der Waals surface area contributed by atoms with Gasteiger partial charge in [-0.05, 0) is 37.5 Å². The maximum Gasteiger partial charge on any atom is 0.139 e. The minimum Gasteiger partial charge on any atom is -0.488 e. The maximum atomic E-state index is 6.11. The molecule has 2 nitrogen and oxygen atoms in total. The molecule has 1 aliphatic rings. The highest BCUT2D eigenvalue weighted by Crippen LogP contribution is 2.29. The van der Waals surface area contributed by atoms with Gasteiger partial charge in [0.1, 0.15) is 11.9 Å². The van der Waals surface area contributed by atoms with Gasteiger partial charge in [0.05, 0.1) is 5.02 Å². The topological polar surface area (TPSA) is 21.3 Å². The Kier molecular flexibility index (Phi) is 4.71. The summed E-state index contributed by atoms with van der Waals surface area (Å²) in [7, 11) is 0. The number of ether oxygens (including phenoxy) is 1. The van der Waals surface area contributed by atoms with Crippen molar-refractivity contribution in [3.05, 3.63) is 27.7 Å². The summed E-state index contributed by atoms with van der Waals surface area (Å²) in [6.07, 6.45) is 3.76. The summed E-state index contributed by atoms with van der Waals surface area (Å²) in [5.41, 5.74) is 0. The predicted octanol–water partition coefficient (Wildman–Crippen LogP) is 4.01. The number of benzene rings is 1. The van der Waals surface area contributed by atoms with Crippen molar-refractivity contribution in [2.24, 2.45) is 0 Å². The fourth-order valence-corrected chi connectivity index (χ4v) is 2.10. The lowest BCUT2D eigenvalue weighted by molar-refractivity contribution is 0.193. The van der Waals surface area contributed by atoms with Gasteiger partial charge >= 0.3 is 0 Å². The molecule has 0 aromatic heterocycles. The number of hydrogen-bond donors (Lipinski definition) is 1. The first kappa shape index (κ1) is 13.2. The highest BCUT2D eigenvalue weighted by atomic mass is 79.9. The van der Waals surface area contributed by atoms with Gasteiger partial charge in [0.2, 0.25) is 0 Å². The zero-order chi connectivity index (χ0) is 12.3. The molecule has 2 rings (SSSR count). The molecule has 0 saturated heterocycles. The highest BCUT2D eigenvalue weighted by Gasteiger charge is 2.22. The van der Waals surface area contributed by atoms with Gasteiger partial charge < -0.3 is 10.1 Å². The Balaban J connectivity index is 1.93. The van der Waals surface area contributed by atoms with Gasteiger partial charge in [0.15, 0.2) is 0 Å². The van der Waals surface area contributed by atoms with Crippen molar-refractivity contribution in [3.63, 3.8) is 0 Å². The van der Waals surface area contributed by atoms with Crippen LogP contribution in [0.2, 0.25) is 5.02 Å². The third-order valence-corrected chi connectivity index (χ3v) is 3.66. The summed E-state index contributed by atoms with van der Waals surface area (Å²) in [6, 6.07) is 6.40. The molecular formula is C13H17BrClNO. The molecule has 0 amide bonds. The van der Waals surface area contributed by atoms with Crippen LogP contribution in [0.25, 0.3) is 0 Å². The van der Waals surface area contributed by atoms with Crippen molar-refractivity contribution in [2.45, 2.75) is 38.3 Å². The summed E-state index contributed by atoms with van der Waals surface area (Å²) in [6.45, 7) is 3.02. The fourth-order valence-electron chi connectivity index (χ4n) is 1.60. The molecule has 0 spiro atoms. The molecule has 94 valence electrons.